The van der Waals surface area contributed by atoms with Crippen molar-refractivity contribution >= 4 is 45.0 Å². The highest BCUT2D eigenvalue weighted by Gasteiger charge is 2.55. The van der Waals surface area contributed by atoms with Crippen LogP contribution in [-0.4, -0.2) is 41.4 Å². The second-order valence-electron chi connectivity index (χ2n) is 7.51. The van der Waals surface area contributed by atoms with Gasteiger partial charge >= 0.3 is 0 Å². The zero-order chi connectivity index (χ0) is 21.4. The van der Waals surface area contributed by atoms with Gasteiger partial charge in [-0.3, -0.25) is 19.4 Å². The lowest BCUT2D eigenvalue weighted by Crippen LogP contribution is -2.43. The van der Waals surface area contributed by atoms with Gasteiger partial charge in [0, 0.05) is 10.2 Å². The van der Waals surface area contributed by atoms with Crippen LogP contribution in [0.2, 0.25) is 0 Å². The number of nitrogens with zero attached hydrogens (tertiary/aromatic N) is 4. The van der Waals surface area contributed by atoms with Gasteiger partial charge in [0.15, 0.2) is 12.1 Å². The molecule has 3 amide bonds. The number of nitrogens with one attached hydrogen (secondary N) is 1. The Morgan fingerprint density at radius 1 is 1.07 bits per heavy atom. The van der Waals surface area contributed by atoms with E-state index in [9.17, 15) is 14.4 Å². The predicted molar refractivity (Wildman–Crippen MR) is 115 cm³/mol. The standard InChI is InChI=1S/C21H20BrN5O3/c1-12(2)13-3-7-15(8-4-13)23-17(28)11-26-19-18(24-25-26)20(29)27(21(19)30)16-9-5-14(22)6-10-16/h3-10,12,18-19H,11H2,1-2H3,(H,23,28)/t18-,19-/m0/s1. The van der Waals surface area contributed by atoms with Crippen molar-refractivity contribution in [1.82, 2.24) is 5.01 Å². The van der Waals surface area contributed by atoms with Gasteiger partial charge in [-0.25, -0.2) is 4.90 Å². The van der Waals surface area contributed by atoms with Crippen molar-refractivity contribution < 1.29 is 14.4 Å². The Balaban J connectivity index is 1.44. The van der Waals surface area contributed by atoms with Crippen LogP contribution in [0.1, 0.15) is 25.3 Å². The van der Waals surface area contributed by atoms with E-state index in [1.54, 1.807) is 24.3 Å². The minimum atomic E-state index is -0.931. The van der Waals surface area contributed by atoms with Crippen LogP contribution < -0.4 is 10.2 Å². The van der Waals surface area contributed by atoms with Gasteiger partial charge in [-0.15, -0.1) is 0 Å². The molecule has 0 bridgehead atoms. The Labute approximate surface area is 182 Å². The normalized spacial score (nSPS) is 20.3. The largest absolute Gasteiger partial charge is 0.324 e. The first-order valence-electron chi connectivity index (χ1n) is 9.56. The maximum atomic E-state index is 12.9. The van der Waals surface area contributed by atoms with Crippen LogP contribution in [0.25, 0.3) is 0 Å². The van der Waals surface area contributed by atoms with E-state index in [1.165, 1.54) is 10.6 Å². The fourth-order valence-electron chi connectivity index (χ4n) is 3.50. The molecule has 2 aromatic carbocycles. The number of carbonyl (C=O) groups excluding carboxylic acids is 3. The molecular weight excluding hydrogens is 450 g/mol. The second-order valence-corrected chi connectivity index (χ2v) is 8.42. The molecule has 9 heteroatoms. The maximum absolute atomic E-state index is 12.9. The highest BCUT2D eigenvalue weighted by molar-refractivity contribution is 9.10. The molecule has 2 aliphatic heterocycles. The number of amides is 3. The highest BCUT2D eigenvalue weighted by atomic mass is 79.9. The van der Waals surface area contributed by atoms with Crippen molar-refractivity contribution in [3.05, 3.63) is 58.6 Å². The van der Waals surface area contributed by atoms with Crippen molar-refractivity contribution in [3.63, 3.8) is 0 Å². The van der Waals surface area contributed by atoms with Gasteiger partial charge in [0.05, 0.1) is 5.69 Å². The molecule has 0 aromatic heterocycles. The first-order valence-corrected chi connectivity index (χ1v) is 10.3. The lowest BCUT2D eigenvalue weighted by Gasteiger charge is -2.20. The molecule has 2 aliphatic rings. The van der Waals surface area contributed by atoms with Crippen LogP contribution >= 0.6 is 15.9 Å². The number of hydrogen-bond acceptors (Lipinski definition) is 6. The molecule has 2 heterocycles. The molecule has 2 atom stereocenters. The first kappa shape index (κ1) is 20.2. The SMILES string of the molecule is CC(C)c1ccc(NC(=O)CN2N=N[C@@H]3C(=O)N(c4ccc(Br)cc4)C(=O)[C@H]32)cc1. The van der Waals surface area contributed by atoms with Gasteiger partial charge in [-0.05, 0) is 47.9 Å². The summed E-state index contributed by atoms with van der Waals surface area (Å²) in [6, 6.07) is 12.6. The number of fused-ring (bicyclic) bond motifs is 1. The maximum Gasteiger partial charge on any atom is 0.263 e. The quantitative estimate of drug-likeness (QED) is 0.677. The number of carbonyl (C=O) groups is 3. The molecule has 1 N–H and O–H groups in total. The van der Waals surface area contributed by atoms with Crippen LogP contribution in [0, 0.1) is 0 Å². The summed E-state index contributed by atoms with van der Waals surface area (Å²) in [6.07, 6.45) is 0. The Kier molecular flexibility index (Phi) is 5.38. The van der Waals surface area contributed by atoms with Gasteiger partial charge in [0.25, 0.3) is 11.8 Å². The number of imide groups is 1. The zero-order valence-corrected chi connectivity index (χ0v) is 18.0. The van der Waals surface area contributed by atoms with Crippen molar-refractivity contribution in [2.24, 2.45) is 10.3 Å². The Morgan fingerprint density at radius 2 is 1.73 bits per heavy atom. The van der Waals surface area contributed by atoms with Gasteiger partial charge in [0.1, 0.15) is 6.54 Å². The van der Waals surface area contributed by atoms with E-state index in [0.717, 1.165) is 9.37 Å². The third-order valence-corrected chi connectivity index (χ3v) is 5.64. The Bertz CT molecular complexity index is 1020. The third-order valence-electron chi connectivity index (χ3n) is 5.11. The van der Waals surface area contributed by atoms with E-state index in [2.05, 4.69) is 45.4 Å². The molecule has 0 spiro atoms. The number of benzene rings is 2. The molecular formula is C21H20BrN5O3. The molecule has 154 valence electrons. The summed E-state index contributed by atoms with van der Waals surface area (Å²) in [7, 11) is 0. The van der Waals surface area contributed by atoms with Crippen molar-refractivity contribution in [2.45, 2.75) is 31.8 Å². The molecule has 30 heavy (non-hydrogen) atoms. The molecule has 0 saturated carbocycles. The van der Waals surface area contributed by atoms with E-state index < -0.39 is 23.9 Å². The summed E-state index contributed by atoms with van der Waals surface area (Å²) in [5, 5.41) is 11.9. The molecule has 2 aromatic rings. The minimum absolute atomic E-state index is 0.177. The topological polar surface area (TPSA) is 94.4 Å². The van der Waals surface area contributed by atoms with Gasteiger partial charge in [-0.2, -0.15) is 5.11 Å². The first-order chi connectivity index (χ1) is 14.3. The molecule has 4 rings (SSSR count). The van der Waals surface area contributed by atoms with E-state index in [0.29, 0.717) is 17.3 Å². The van der Waals surface area contributed by atoms with Crippen LogP contribution in [0.4, 0.5) is 11.4 Å². The molecule has 0 radical (unpaired) electrons. The summed E-state index contributed by atoms with van der Waals surface area (Å²) < 4.78 is 0.838. The molecule has 0 aliphatic carbocycles. The van der Waals surface area contributed by atoms with E-state index in [1.807, 2.05) is 24.3 Å². The summed E-state index contributed by atoms with van der Waals surface area (Å²) in [5.41, 5.74) is 2.29. The van der Waals surface area contributed by atoms with Crippen molar-refractivity contribution in [3.8, 4) is 0 Å². The van der Waals surface area contributed by atoms with Crippen LogP contribution in [0.5, 0.6) is 0 Å². The fourth-order valence-corrected chi connectivity index (χ4v) is 3.76. The number of halogens is 1. The van der Waals surface area contributed by atoms with Gasteiger partial charge < -0.3 is 5.32 Å². The molecule has 0 unspecified atom stereocenters. The van der Waals surface area contributed by atoms with E-state index in [-0.39, 0.29) is 12.5 Å². The number of hydrogen-bond donors (Lipinski definition) is 1. The molecule has 1 fully saturated rings. The summed E-state index contributed by atoms with van der Waals surface area (Å²) in [6.45, 7) is 4.02. The fraction of sp³-hybridized carbons (Fsp3) is 0.286. The predicted octanol–water partition coefficient (Wildman–Crippen LogP) is 3.50. The minimum Gasteiger partial charge on any atom is -0.324 e. The van der Waals surface area contributed by atoms with Crippen LogP contribution in [0.3, 0.4) is 0 Å². The summed E-state index contributed by atoms with van der Waals surface area (Å²) >= 11 is 3.33. The molecule has 8 nitrogen and oxygen atoms in total. The lowest BCUT2D eigenvalue weighted by atomic mass is 10.0. The zero-order valence-electron chi connectivity index (χ0n) is 16.4. The van der Waals surface area contributed by atoms with Gasteiger partial charge in [0.2, 0.25) is 5.91 Å². The van der Waals surface area contributed by atoms with Gasteiger partial charge in [-0.1, -0.05) is 47.1 Å². The summed E-state index contributed by atoms with van der Waals surface area (Å²) in [5.74, 6) is -0.819. The van der Waals surface area contributed by atoms with E-state index >= 15 is 0 Å². The smallest absolute Gasteiger partial charge is 0.263 e. The van der Waals surface area contributed by atoms with Crippen LogP contribution in [0.15, 0.2) is 63.3 Å². The highest BCUT2D eigenvalue weighted by Crippen LogP contribution is 2.32. The monoisotopic (exact) mass is 469 g/mol. The summed E-state index contributed by atoms with van der Waals surface area (Å²) in [4.78, 5) is 39.2. The molecule has 1 saturated heterocycles. The number of anilines is 2. The van der Waals surface area contributed by atoms with Crippen molar-refractivity contribution in [2.75, 3.05) is 16.8 Å². The second kappa shape index (κ2) is 7.98. The van der Waals surface area contributed by atoms with Crippen molar-refractivity contribution in [1.29, 1.82) is 0 Å². The average molecular weight is 470 g/mol. The van der Waals surface area contributed by atoms with E-state index in [4.69, 9.17) is 0 Å². The number of rotatable bonds is 5. The lowest BCUT2D eigenvalue weighted by molar-refractivity contribution is -0.123. The average Bonchev–Trinajstić information content (AvgIpc) is 3.23. The Morgan fingerprint density at radius 3 is 2.37 bits per heavy atom. The Hall–Kier alpha value is -3.07. The third kappa shape index (κ3) is 3.72. The van der Waals surface area contributed by atoms with Crippen LogP contribution in [-0.2, 0) is 14.4 Å².